The van der Waals surface area contributed by atoms with Crippen molar-refractivity contribution in [3.8, 4) is 0 Å². The maximum atomic E-state index is 11.5. The number of hydrogen-bond donors (Lipinski definition) is 2. The van der Waals surface area contributed by atoms with Gasteiger partial charge in [0.15, 0.2) is 0 Å². The highest BCUT2D eigenvalue weighted by Crippen LogP contribution is 2.18. The zero-order chi connectivity index (χ0) is 13.0. The van der Waals surface area contributed by atoms with Crippen LogP contribution in [0.4, 0.5) is 0 Å². The first-order chi connectivity index (χ1) is 7.91. The SMILES string of the molecule is CC(C)c1ccc(C(C)NC(=O)[C@H](C)N)cc1.Cl. The average Bonchev–Trinajstić information content (AvgIpc) is 2.28. The summed E-state index contributed by atoms with van der Waals surface area (Å²) in [5.74, 6) is 0.406. The van der Waals surface area contributed by atoms with Crippen LogP contribution >= 0.6 is 12.4 Å². The molecule has 1 aromatic rings. The highest BCUT2D eigenvalue weighted by atomic mass is 35.5. The molecule has 102 valence electrons. The van der Waals surface area contributed by atoms with E-state index in [2.05, 4.69) is 43.4 Å². The summed E-state index contributed by atoms with van der Waals surface area (Å²) in [7, 11) is 0. The van der Waals surface area contributed by atoms with Gasteiger partial charge in [0, 0.05) is 0 Å². The molecule has 3 N–H and O–H groups in total. The van der Waals surface area contributed by atoms with Crippen LogP contribution in [0.25, 0.3) is 0 Å². The van der Waals surface area contributed by atoms with E-state index in [1.807, 2.05) is 6.92 Å². The Morgan fingerprint density at radius 2 is 1.50 bits per heavy atom. The first kappa shape index (κ1) is 16.9. The van der Waals surface area contributed by atoms with Crippen molar-refractivity contribution in [3.63, 3.8) is 0 Å². The van der Waals surface area contributed by atoms with Crippen LogP contribution < -0.4 is 11.1 Å². The van der Waals surface area contributed by atoms with Gasteiger partial charge in [-0.1, -0.05) is 38.1 Å². The van der Waals surface area contributed by atoms with Crippen molar-refractivity contribution in [1.82, 2.24) is 5.32 Å². The Kier molecular flexibility index (Phi) is 6.96. The lowest BCUT2D eigenvalue weighted by atomic mass is 9.99. The van der Waals surface area contributed by atoms with Gasteiger partial charge in [-0.3, -0.25) is 4.79 Å². The fourth-order valence-electron chi connectivity index (χ4n) is 1.60. The molecule has 18 heavy (non-hydrogen) atoms. The molecule has 0 saturated carbocycles. The maximum absolute atomic E-state index is 11.5. The van der Waals surface area contributed by atoms with Crippen LogP contribution in [0.15, 0.2) is 24.3 Å². The fourth-order valence-corrected chi connectivity index (χ4v) is 1.60. The second-order valence-electron chi connectivity index (χ2n) is 4.84. The molecule has 0 saturated heterocycles. The van der Waals surface area contributed by atoms with E-state index in [0.717, 1.165) is 5.56 Å². The molecule has 0 radical (unpaired) electrons. The molecule has 0 aromatic heterocycles. The molecule has 4 heteroatoms. The van der Waals surface area contributed by atoms with Crippen LogP contribution in [0, 0.1) is 0 Å². The van der Waals surface area contributed by atoms with Crippen LogP contribution in [0.5, 0.6) is 0 Å². The quantitative estimate of drug-likeness (QED) is 0.884. The monoisotopic (exact) mass is 270 g/mol. The molecule has 0 fully saturated rings. The van der Waals surface area contributed by atoms with Crippen molar-refractivity contribution in [2.24, 2.45) is 5.73 Å². The summed E-state index contributed by atoms with van der Waals surface area (Å²) < 4.78 is 0. The molecule has 0 heterocycles. The predicted octanol–water partition coefficient (Wildman–Crippen LogP) is 2.76. The van der Waals surface area contributed by atoms with E-state index < -0.39 is 6.04 Å². The number of carbonyl (C=O) groups is 1. The molecule has 1 amide bonds. The summed E-state index contributed by atoms with van der Waals surface area (Å²) in [5, 5.41) is 2.88. The molecule has 2 atom stereocenters. The maximum Gasteiger partial charge on any atom is 0.237 e. The summed E-state index contributed by atoms with van der Waals surface area (Å²) >= 11 is 0. The Labute approximate surface area is 116 Å². The zero-order valence-corrected chi connectivity index (χ0v) is 12.3. The van der Waals surface area contributed by atoms with E-state index in [9.17, 15) is 4.79 Å². The van der Waals surface area contributed by atoms with Gasteiger partial charge in [-0.2, -0.15) is 0 Å². The minimum absolute atomic E-state index is 0. The summed E-state index contributed by atoms with van der Waals surface area (Å²) in [6, 6.07) is 7.86. The van der Waals surface area contributed by atoms with Crippen molar-refractivity contribution in [2.45, 2.75) is 45.7 Å². The largest absolute Gasteiger partial charge is 0.348 e. The number of amides is 1. The van der Waals surface area contributed by atoms with Gasteiger partial charge >= 0.3 is 0 Å². The molecule has 1 aromatic carbocycles. The Morgan fingerprint density at radius 1 is 1.06 bits per heavy atom. The number of nitrogens with two attached hydrogens (primary N) is 1. The van der Waals surface area contributed by atoms with Crippen LogP contribution in [-0.4, -0.2) is 11.9 Å². The molecule has 0 aliphatic rings. The van der Waals surface area contributed by atoms with Gasteiger partial charge in [-0.05, 0) is 30.9 Å². The molecule has 0 bridgehead atoms. The number of nitrogens with one attached hydrogen (secondary N) is 1. The van der Waals surface area contributed by atoms with Crippen molar-refractivity contribution in [3.05, 3.63) is 35.4 Å². The second kappa shape index (κ2) is 7.39. The highest BCUT2D eigenvalue weighted by molar-refractivity contribution is 5.85. The van der Waals surface area contributed by atoms with Crippen LogP contribution in [0.3, 0.4) is 0 Å². The molecule has 0 spiro atoms. The van der Waals surface area contributed by atoms with E-state index in [1.165, 1.54) is 5.56 Å². The fraction of sp³-hybridized carbons (Fsp3) is 0.500. The van der Waals surface area contributed by atoms with E-state index in [4.69, 9.17) is 5.73 Å². The minimum atomic E-state index is -0.465. The number of hydrogen-bond acceptors (Lipinski definition) is 2. The summed E-state index contributed by atoms with van der Waals surface area (Å²) in [6.07, 6.45) is 0. The van der Waals surface area contributed by atoms with Crippen molar-refractivity contribution < 1.29 is 4.79 Å². The van der Waals surface area contributed by atoms with E-state index in [0.29, 0.717) is 5.92 Å². The average molecular weight is 271 g/mol. The Morgan fingerprint density at radius 3 is 1.89 bits per heavy atom. The van der Waals surface area contributed by atoms with Crippen molar-refractivity contribution in [1.29, 1.82) is 0 Å². The van der Waals surface area contributed by atoms with E-state index in [-0.39, 0.29) is 24.4 Å². The van der Waals surface area contributed by atoms with Gasteiger partial charge in [-0.25, -0.2) is 0 Å². The standard InChI is InChI=1S/C14H22N2O.ClH/c1-9(2)12-5-7-13(8-6-12)11(4)16-14(17)10(3)15;/h5-11H,15H2,1-4H3,(H,16,17);1H/t10-,11?;/m0./s1. The molecule has 0 aliphatic heterocycles. The number of rotatable bonds is 4. The van der Waals surface area contributed by atoms with Gasteiger partial charge in [0.25, 0.3) is 0 Å². The third-order valence-corrected chi connectivity index (χ3v) is 2.88. The van der Waals surface area contributed by atoms with E-state index >= 15 is 0 Å². The Bertz CT molecular complexity index is 374. The third kappa shape index (κ3) is 4.67. The van der Waals surface area contributed by atoms with Crippen LogP contribution in [-0.2, 0) is 4.79 Å². The van der Waals surface area contributed by atoms with Gasteiger partial charge in [0.1, 0.15) is 0 Å². The molecular formula is C14H23ClN2O. The van der Waals surface area contributed by atoms with Gasteiger partial charge in [0.05, 0.1) is 12.1 Å². The van der Waals surface area contributed by atoms with Crippen LogP contribution in [0.1, 0.15) is 50.8 Å². The molecular weight excluding hydrogens is 248 g/mol. The van der Waals surface area contributed by atoms with Gasteiger partial charge in [0.2, 0.25) is 5.91 Å². The van der Waals surface area contributed by atoms with E-state index in [1.54, 1.807) is 6.92 Å². The van der Waals surface area contributed by atoms with Gasteiger partial charge < -0.3 is 11.1 Å². The number of halogens is 1. The van der Waals surface area contributed by atoms with Gasteiger partial charge in [-0.15, -0.1) is 12.4 Å². The predicted molar refractivity (Wildman–Crippen MR) is 78.0 cm³/mol. The first-order valence-electron chi connectivity index (χ1n) is 6.07. The Balaban J connectivity index is 0.00000289. The molecule has 3 nitrogen and oxygen atoms in total. The molecule has 1 unspecified atom stereocenters. The molecule has 0 aliphatic carbocycles. The molecule has 1 rings (SSSR count). The third-order valence-electron chi connectivity index (χ3n) is 2.88. The summed E-state index contributed by atoms with van der Waals surface area (Å²) in [6.45, 7) is 7.97. The summed E-state index contributed by atoms with van der Waals surface area (Å²) in [5.41, 5.74) is 7.92. The number of carbonyl (C=O) groups excluding carboxylic acids is 1. The zero-order valence-electron chi connectivity index (χ0n) is 11.4. The smallest absolute Gasteiger partial charge is 0.237 e. The lowest BCUT2D eigenvalue weighted by Gasteiger charge is -2.16. The summed E-state index contributed by atoms with van der Waals surface area (Å²) in [4.78, 5) is 11.5. The van der Waals surface area contributed by atoms with Crippen LogP contribution in [0.2, 0.25) is 0 Å². The van der Waals surface area contributed by atoms with Crippen molar-refractivity contribution in [2.75, 3.05) is 0 Å². The normalized spacial score (nSPS) is 13.7. The first-order valence-corrected chi connectivity index (χ1v) is 6.07. The second-order valence-corrected chi connectivity index (χ2v) is 4.84. The lowest BCUT2D eigenvalue weighted by molar-refractivity contribution is -0.122. The number of benzene rings is 1. The lowest BCUT2D eigenvalue weighted by Crippen LogP contribution is -2.39. The minimum Gasteiger partial charge on any atom is -0.348 e. The van der Waals surface area contributed by atoms with Crippen molar-refractivity contribution >= 4 is 18.3 Å². The topological polar surface area (TPSA) is 55.1 Å². The highest BCUT2D eigenvalue weighted by Gasteiger charge is 2.12. The Hall–Kier alpha value is -1.06.